The molecule has 2 N–H and O–H groups in total. The van der Waals surface area contributed by atoms with Gasteiger partial charge in [-0.05, 0) is 39.2 Å². The molecule has 23 heavy (non-hydrogen) atoms. The van der Waals surface area contributed by atoms with E-state index in [-0.39, 0.29) is 29.5 Å². The van der Waals surface area contributed by atoms with Crippen molar-refractivity contribution in [2.75, 3.05) is 26.2 Å². The van der Waals surface area contributed by atoms with E-state index < -0.39 is 0 Å². The Hall–Kier alpha value is -1.89. The van der Waals surface area contributed by atoms with Crippen molar-refractivity contribution in [2.45, 2.75) is 38.6 Å². The summed E-state index contributed by atoms with van der Waals surface area (Å²) in [5.74, 6) is 0.272. The maximum atomic E-state index is 12.4. The fourth-order valence-electron chi connectivity index (χ4n) is 3.29. The standard InChI is InChI=1S/C16H24N4O3/c1-11-8-14(23-19-11)16(22)20-7-3-5-13(10-20)18-15(21)12-4-2-6-17-9-12/h8,12-13,17H,2-7,9-10H2,1H3,(H,18,21). The van der Waals surface area contributed by atoms with Crippen LogP contribution in [0.15, 0.2) is 10.6 Å². The molecule has 1 aromatic heterocycles. The number of aromatic nitrogens is 1. The van der Waals surface area contributed by atoms with Gasteiger partial charge in [0, 0.05) is 31.7 Å². The molecule has 126 valence electrons. The molecule has 0 aromatic carbocycles. The second-order valence-electron chi connectivity index (χ2n) is 6.47. The van der Waals surface area contributed by atoms with E-state index in [1.807, 2.05) is 0 Å². The Balaban J connectivity index is 1.55. The summed E-state index contributed by atoms with van der Waals surface area (Å²) < 4.78 is 5.05. The van der Waals surface area contributed by atoms with Gasteiger partial charge in [-0.15, -0.1) is 0 Å². The molecule has 2 aliphatic heterocycles. The monoisotopic (exact) mass is 320 g/mol. The zero-order chi connectivity index (χ0) is 16.2. The zero-order valence-corrected chi connectivity index (χ0v) is 13.5. The quantitative estimate of drug-likeness (QED) is 0.856. The van der Waals surface area contributed by atoms with Crippen LogP contribution in [0.25, 0.3) is 0 Å². The minimum absolute atomic E-state index is 0.0196. The number of rotatable bonds is 3. The molecule has 2 aliphatic rings. The fraction of sp³-hybridized carbons (Fsp3) is 0.688. The van der Waals surface area contributed by atoms with Crippen molar-refractivity contribution in [3.63, 3.8) is 0 Å². The average Bonchev–Trinajstić information content (AvgIpc) is 3.01. The van der Waals surface area contributed by atoms with Gasteiger partial charge in [-0.2, -0.15) is 0 Å². The van der Waals surface area contributed by atoms with Gasteiger partial charge < -0.3 is 20.1 Å². The van der Waals surface area contributed by atoms with Crippen LogP contribution >= 0.6 is 0 Å². The lowest BCUT2D eigenvalue weighted by Gasteiger charge is -2.33. The van der Waals surface area contributed by atoms with E-state index in [1.165, 1.54) is 0 Å². The van der Waals surface area contributed by atoms with Crippen LogP contribution in [0.1, 0.15) is 41.9 Å². The molecule has 2 atom stereocenters. The molecule has 0 bridgehead atoms. The van der Waals surface area contributed by atoms with Gasteiger partial charge in [0.1, 0.15) is 0 Å². The molecule has 2 unspecified atom stereocenters. The van der Waals surface area contributed by atoms with Crippen molar-refractivity contribution < 1.29 is 14.1 Å². The number of piperidine rings is 2. The topological polar surface area (TPSA) is 87.5 Å². The summed E-state index contributed by atoms with van der Waals surface area (Å²) in [6.07, 6.45) is 3.77. The number of carbonyl (C=O) groups excluding carboxylic acids is 2. The molecule has 7 nitrogen and oxygen atoms in total. The number of nitrogens with one attached hydrogen (secondary N) is 2. The van der Waals surface area contributed by atoms with Gasteiger partial charge >= 0.3 is 0 Å². The highest BCUT2D eigenvalue weighted by molar-refractivity contribution is 5.91. The van der Waals surface area contributed by atoms with Crippen LogP contribution in [0.3, 0.4) is 0 Å². The number of hydrogen-bond donors (Lipinski definition) is 2. The summed E-state index contributed by atoms with van der Waals surface area (Å²) in [5, 5.41) is 10.1. The van der Waals surface area contributed by atoms with Crippen LogP contribution in [0.2, 0.25) is 0 Å². The molecule has 0 spiro atoms. The molecule has 3 heterocycles. The van der Waals surface area contributed by atoms with Crippen molar-refractivity contribution in [1.82, 2.24) is 20.7 Å². The highest BCUT2D eigenvalue weighted by Gasteiger charge is 2.29. The van der Waals surface area contributed by atoms with Gasteiger partial charge in [0.2, 0.25) is 11.7 Å². The lowest BCUT2D eigenvalue weighted by molar-refractivity contribution is -0.126. The number of hydrogen-bond acceptors (Lipinski definition) is 5. The Labute approximate surface area is 135 Å². The highest BCUT2D eigenvalue weighted by atomic mass is 16.5. The van der Waals surface area contributed by atoms with Crippen molar-refractivity contribution in [3.05, 3.63) is 17.5 Å². The predicted molar refractivity (Wildman–Crippen MR) is 83.9 cm³/mol. The largest absolute Gasteiger partial charge is 0.351 e. The van der Waals surface area contributed by atoms with Crippen molar-refractivity contribution in [3.8, 4) is 0 Å². The first-order valence-corrected chi connectivity index (χ1v) is 8.37. The van der Waals surface area contributed by atoms with E-state index in [9.17, 15) is 9.59 Å². The maximum absolute atomic E-state index is 12.4. The predicted octanol–water partition coefficient (Wildman–Crippen LogP) is 0.703. The highest BCUT2D eigenvalue weighted by Crippen LogP contribution is 2.16. The summed E-state index contributed by atoms with van der Waals surface area (Å²) in [6, 6.07) is 1.67. The van der Waals surface area contributed by atoms with Gasteiger partial charge in [0.15, 0.2) is 0 Å². The summed E-state index contributed by atoms with van der Waals surface area (Å²) in [5.41, 5.74) is 0.694. The Bertz CT molecular complexity index is 565. The van der Waals surface area contributed by atoms with Gasteiger partial charge in [0.05, 0.1) is 11.6 Å². The third-order valence-electron chi connectivity index (χ3n) is 4.56. The Morgan fingerprint density at radius 3 is 2.96 bits per heavy atom. The summed E-state index contributed by atoms with van der Waals surface area (Å²) in [6.45, 7) is 4.75. The lowest BCUT2D eigenvalue weighted by atomic mass is 9.97. The van der Waals surface area contributed by atoms with E-state index in [2.05, 4.69) is 15.8 Å². The van der Waals surface area contributed by atoms with Crippen LogP contribution in [-0.2, 0) is 4.79 Å². The van der Waals surface area contributed by atoms with Crippen molar-refractivity contribution in [2.24, 2.45) is 5.92 Å². The number of aryl methyl sites for hydroxylation is 1. The van der Waals surface area contributed by atoms with Crippen LogP contribution in [0.5, 0.6) is 0 Å². The van der Waals surface area contributed by atoms with Crippen molar-refractivity contribution >= 4 is 11.8 Å². The molecule has 2 saturated heterocycles. The molecule has 2 fully saturated rings. The van der Waals surface area contributed by atoms with Gasteiger partial charge in [-0.25, -0.2) is 0 Å². The molecule has 0 aliphatic carbocycles. The smallest absolute Gasteiger partial charge is 0.292 e. The number of likely N-dealkylation sites (tertiary alicyclic amines) is 1. The van der Waals surface area contributed by atoms with Crippen LogP contribution in [0.4, 0.5) is 0 Å². The van der Waals surface area contributed by atoms with E-state index >= 15 is 0 Å². The first-order chi connectivity index (χ1) is 11.1. The molecule has 0 radical (unpaired) electrons. The Morgan fingerprint density at radius 2 is 2.26 bits per heavy atom. The van der Waals surface area contributed by atoms with E-state index in [0.29, 0.717) is 18.8 Å². The average molecular weight is 320 g/mol. The second-order valence-corrected chi connectivity index (χ2v) is 6.47. The first-order valence-electron chi connectivity index (χ1n) is 8.37. The number of carbonyl (C=O) groups is 2. The molecular formula is C16H24N4O3. The molecule has 3 rings (SSSR count). The third kappa shape index (κ3) is 3.90. The third-order valence-corrected chi connectivity index (χ3v) is 4.56. The number of nitrogens with zero attached hydrogens (tertiary/aromatic N) is 2. The summed E-state index contributed by atoms with van der Waals surface area (Å²) >= 11 is 0. The second kappa shape index (κ2) is 7.12. The SMILES string of the molecule is Cc1cc(C(=O)N2CCCC(NC(=O)C3CCCNC3)C2)on1. The van der Waals surface area contributed by atoms with Crippen LogP contribution in [0, 0.1) is 12.8 Å². The zero-order valence-electron chi connectivity index (χ0n) is 13.5. The van der Waals surface area contributed by atoms with Gasteiger partial charge in [-0.1, -0.05) is 5.16 Å². The normalized spacial score (nSPS) is 25.2. The molecule has 0 saturated carbocycles. The molecule has 2 amide bonds. The van der Waals surface area contributed by atoms with Gasteiger partial charge in [-0.3, -0.25) is 9.59 Å². The molecule has 1 aromatic rings. The number of amides is 2. The fourth-order valence-corrected chi connectivity index (χ4v) is 3.29. The summed E-state index contributed by atoms with van der Waals surface area (Å²) in [7, 11) is 0. The summed E-state index contributed by atoms with van der Waals surface area (Å²) in [4.78, 5) is 26.5. The van der Waals surface area contributed by atoms with E-state index in [1.54, 1.807) is 17.9 Å². The molecule has 7 heteroatoms. The van der Waals surface area contributed by atoms with Gasteiger partial charge in [0.25, 0.3) is 5.91 Å². The minimum Gasteiger partial charge on any atom is -0.351 e. The van der Waals surface area contributed by atoms with E-state index in [4.69, 9.17) is 4.52 Å². The Morgan fingerprint density at radius 1 is 1.39 bits per heavy atom. The van der Waals surface area contributed by atoms with E-state index in [0.717, 1.165) is 38.8 Å². The maximum Gasteiger partial charge on any atom is 0.292 e. The van der Waals surface area contributed by atoms with Crippen LogP contribution in [-0.4, -0.2) is 54.1 Å². The lowest BCUT2D eigenvalue weighted by Crippen LogP contribution is -2.52. The van der Waals surface area contributed by atoms with Crippen LogP contribution < -0.4 is 10.6 Å². The first kappa shape index (κ1) is 16.0. The minimum atomic E-state index is -0.149. The van der Waals surface area contributed by atoms with Crippen molar-refractivity contribution in [1.29, 1.82) is 0 Å². The molecular weight excluding hydrogens is 296 g/mol. The Kier molecular flexibility index (Phi) is 4.95.